The molecular weight excluding hydrogens is 263 g/mol. The number of nitrogens with zero attached hydrogens (tertiary/aromatic N) is 1. The maximum atomic E-state index is 14.0. The first-order chi connectivity index (χ1) is 9.24. The van der Waals surface area contributed by atoms with E-state index in [1.54, 1.807) is 12.1 Å². The van der Waals surface area contributed by atoms with E-state index in [1.165, 1.54) is 24.5 Å². The highest BCUT2D eigenvalue weighted by Gasteiger charge is 2.30. The third kappa shape index (κ3) is 2.24. The maximum Gasteiger partial charge on any atom is 0.137 e. The zero-order valence-electron chi connectivity index (χ0n) is 10.6. The lowest BCUT2D eigenvalue weighted by molar-refractivity contribution is 0.413. The van der Waals surface area contributed by atoms with Crippen LogP contribution in [0, 0.1) is 5.82 Å². The van der Waals surface area contributed by atoms with E-state index >= 15 is 0 Å². The molecule has 1 fully saturated rings. The van der Waals surface area contributed by atoms with Crippen LogP contribution in [0.2, 0.25) is 0 Å². The van der Waals surface area contributed by atoms with Crippen molar-refractivity contribution < 1.29 is 9.13 Å². The van der Waals surface area contributed by atoms with Gasteiger partial charge in [-0.15, -0.1) is 11.3 Å². The molecule has 2 aromatic rings. The van der Waals surface area contributed by atoms with Gasteiger partial charge in [-0.25, -0.2) is 9.37 Å². The van der Waals surface area contributed by atoms with Crippen LogP contribution < -0.4 is 10.5 Å². The van der Waals surface area contributed by atoms with Crippen LogP contribution in [-0.2, 0) is 6.54 Å². The summed E-state index contributed by atoms with van der Waals surface area (Å²) < 4.78 is 19.3. The van der Waals surface area contributed by atoms with Gasteiger partial charge in [0.15, 0.2) is 0 Å². The van der Waals surface area contributed by atoms with E-state index in [-0.39, 0.29) is 5.82 Å². The van der Waals surface area contributed by atoms with Crippen LogP contribution >= 0.6 is 11.3 Å². The van der Waals surface area contributed by atoms with E-state index in [2.05, 4.69) is 4.98 Å². The van der Waals surface area contributed by atoms with Crippen molar-refractivity contribution in [1.29, 1.82) is 0 Å². The minimum Gasteiger partial charge on any atom is -0.496 e. The van der Waals surface area contributed by atoms with Crippen LogP contribution in [0.1, 0.15) is 29.3 Å². The van der Waals surface area contributed by atoms with Gasteiger partial charge >= 0.3 is 0 Å². The van der Waals surface area contributed by atoms with Gasteiger partial charge in [-0.05, 0) is 25.0 Å². The largest absolute Gasteiger partial charge is 0.496 e. The average Bonchev–Trinajstić information content (AvgIpc) is 3.18. The van der Waals surface area contributed by atoms with Crippen LogP contribution in [0.25, 0.3) is 10.6 Å². The zero-order valence-corrected chi connectivity index (χ0v) is 11.5. The lowest BCUT2D eigenvalue weighted by Crippen LogP contribution is -1.96. The molecule has 19 heavy (non-hydrogen) atoms. The summed E-state index contributed by atoms with van der Waals surface area (Å²) in [6.07, 6.45) is 2.31. The first kappa shape index (κ1) is 12.6. The number of hydrogen-bond acceptors (Lipinski definition) is 4. The fraction of sp³-hybridized carbons (Fsp3) is 0.357. The fourth-order valence-corrected chi connectivity index (χ4v) is 3.25. The molecule has 0 aliphatic heterocycles. The van der Waals surface area contributed by atoms with Crippen molar-refractivity contribution in [1.82, 2.24) is 4.98 Å². The Bertz CT molecular complexity index is 607. The van der Waals surface area contributed by atoms with Gasteiger partial charge in [-0.1, -0.05) is 6.07 Å². The summed E-state index contributed by atoms with van der Waals surface area (Å²) in [6.45, 7) is 0.459. The maximum absolute atomic E-state index is 14.0. The highest BCUT2D eigenvalue weighted by Crippen LogP contribution is 2.45. The first-order valence-electron chi connectivity index (χ1n) is 6.27. The van der Waals surface area contributed by atoms with Crippen LogP contribution in [-0.4, -0.2) is 12.1 Å². The Kier molecular flexibility index (Phi) is 3.24. The number of benzene rings is 1. The van der Waals surface area contributed by atoms with Gasteiger partial charge in [-0.3, -0.25) is 0 Å². The molecule has 0 saturated heterocycles. The van der Waals surface area contributed by atoms with Crippen molar-refractivity contribution in [2.45, 2.75) is 25.3 Å². The molecule has 0 bridgehead atoms. The Hall–Kier alpha value is -1.46. The molecule has 1 saturated carbocycles. The van der Waals surface area contributed by atoms with E-state index in [1.807, 2.05) is 0 Å². The second kappa shape index (κ2) is 4.90. The zero-order chi connectivity index (χ0) is 13.4. The monoisotopic (exact) mass is 278 g/mol. The number of hydrogen-bond donors (Lipinski definition) is 1. The number of rotatable bonds is 4. The second-order valence-electron chi connectivity index (χ2n) is 4.62. The lowest BCUT2D eigenvalue weighted by atomic mass is 10.2. The third-order valence-electron chi connectivity index (χ3n) is 3.29. The second-order valence-corrected chi connectivity index (χ2v) is 5.71. The Morgan fingerprint density at radius 2 is 2.26 bits per heavy atom. The topological polar surface area (TPSA) is 48.1 Å². The molecule has 0 spiro atoms. The van der Waals surface area contributed by atoms with Crippen molar-refractivity contribution >= 4 is 11.3 Å². The predicted molar refractivity (Wildman–Crippen MR) is 73.9 cm³/mol. The predicted octanol–water partition coefficient (Wildman–Crippen LogP) is 3.29. The number of aromatic nitrogens is 1. The van der Waals surface area contributed by atoms with E-state index in [9.17, 15) is 4.39 Å². The summed E-state index contributed by atoms with van der Waals surface area (Å²) in [5.41, 5.74) is 7.25. The molecule has 100 valence electrons. The Labute approximate surface area is 115 Å². The molecule has 0 radical (unpaired) electrons. The molecule has 3 nitrogen and oxygen atoms in total. The summed E-state index contributed by atoms with van der Waals surface area (Å²) in [7, 11) is 1.54. The summed E-state index contributed by atoms with van der Waals surface area (Å²) in [5.74, 6) is 0.722. The minimum absolute atomic E-state index is 0.306. The van der Waals surface area contributed by atoms with Crippen molar-refractivity contribution in [3.05, 3.63) is 34.6 Å². The average molecular weight is 278 g/mol. The van der Waals surface area contributed by atoms with Gasteiger partial charge in [0, 0.05) is 17.3 Å². The third-order valence-corrected chi connectivity index (χ3v) is 4.40. The van der Waals surface area contributed by atoms with Gasteiger partial charge < -0.3 is 10.5 Å². The van der Waals surface area contributed by atoms with Gasteiger partial charge in [-0.2, -0.15) is 0 Å². The van der Waals surface area contributed by atoms with E-state index in [4.69, 9.17) is 10.5 Å². The molecule has 1 heterocycles. The highest BCUT2D eigenvalue weighted by molar-refractivity contribution is 7.15. The molecule has 3 rings (SSSR count). The molecule has 1 aliphatic carbocycles. The smallest absolute Gasteiger partial charge is 0.137 e. The Morgan fingerprint density at radius 1 is 1.47 bits per heavy atom. The van der Waals surface area contributed by atoms with Crippen molar-refractivity contribution in [3.63, 3.8) is 0 Å². The first-order valence-corrected chi connectivity index (χ1v) is 7.08. The summed E-state index contributed by atoms with van der Waals surface area (Å²) >= 11 is 1.47. The van der Waals surface area contributed by atoms with E-state index < -0.39 is 0 Å². The van der Waals surface area contributed by atoms with Crippen LogP contribution in [0.3, 0.4) is 0 Å². The minimum atomic E-state index is -0.306. The fourth-order valence-electron chi connectivity index (χ4n) is 2.17. The van der Waals surface area contributed by atoms with E-state index in [0.29, 0.717) is 28.8 Å². The molecule has 1 aromatic heterocycles. The summed E-state index contributed by atoms with van der Waals surface area (Å²) in [6, 6.07) is 4.81. The molecule has 1 aliphatic rings. The molecule has 1 aromatic carbocycles. The molecule has 0 atom stereocenters. The van der Waals surface area contributed by atoms with Crippen molar-refractivity contribution in [3.8, 4) is 16.3 Å². The van der Waals surface area contributed by atoms with Crippen molar-refractivity contribution in [2.24, 2.45) is 5.73 Å². The quantitative estimate of drug-likeness (QED) is 0.933. The van der Waals surface area contributed by atoms with Crippen LogP contribution in [0.5, 0.6) is 5.75 Å². The van der Waals surface area contributed by atoms with Crippen LogP contribution in [0.15, 0.2) is 18.2 Å². The number of methoxy groups -OCH3 is 1. The number of thiazole rings is 1. The summed E-state index contributed by atoms with van der Waals surface area (Å²) in [5, 5.41) is 0.664. The summed E-state index contributed by atoms with van der Waals surface area (Å²) in [4.78, 5) is 5.66. The normalized spacial score (nSPS) is 14.7. The van der Waals surface area contributed by atoms with Gasteiger partial charge in [0.2, 0.25) is 0 Å². The number of ether oxygens (including phenoxy) is 1. The molecule has 2 N–H and O–H groups in total. The van der Waals surface area contributed by atoms with Gasteiger partial charge in [0.25, 0.3) is 0 Å². The molecule has 5 heteroatoms. The Balaban J connectivity index is 2.11. The Morgan fingerprint density at radius 3 is 2.89 bits per heavy atom. The number of nitrogens with two attached hydrogens (primary N) is 1. The van der Waals surface area contributed by atoms with Crippen LogP contribution in [0.4, 0.5) is 4.39 Å². The standard InChI is InChI=1S/C14H15FN2OS/c1-18-10-4-2-3-9(15)12(10)14-17-13(8-5-6-8)11(7-16)19-14/h2-4,8H,5-7,16H2,1H3. The highest BCUT2D eigenvalue weighted by atomic mass is 32.1. The van der Waals surface area contributed by atoms with Gasteiger partial charge in [0.1, 0.15) is 16.6 Å². The van der Waals surface area contributed by atoms with Gasteiger partial charge in [0.05, 0.1) is 18.4 Å². The lowest BCUT2D eigenvalue weighted by Gasteiger charge is -2.06. The van der Waals surface area contributed by atoms with Crippen molar-refractivity contribution in [2.75, 3.05) is 7.11 Å². The molecular formula is C14H15FN2OS. The van der Waals surface area contributed by atoms with E-state index in [0.717, 1.165) is 23.4 Å². The molecule has 0 unspecified atom stereocenters. The SMILES string of the molecule is COc1cccc(F)c1-c1nc(C2CC2)c(CN)s1. The molecule has 0 amide bonds. The number of halogens is 1.